The summed E-state index contributed by atoms with van der Waals surface area (Å²) in [5.41, 5.74) is 0.594. The van der Waals surface area contributed by atoms with E-state index < -0.39 is 11.9 Å². The smallest absolute Gasteiger partial charge is 0.315 e. The van der Waals surface area contributed by atoms with Crippen LogP contribution in [0.4, 0.5) is 5.69 Å². The highest BCUT2D eigenvalue weighted by Gasteiger charge is 2.12. The maximum atomic E-state index is 11.4. The number of carbonyl (C=O) groups is 2. The van der Waals surface area contributed by atoms with Crippen molar-refractivity contribution in [3.8, 4) is 0 Å². The number of esters is 1. The number of nitrogens with one attached hydrogen (secondary N) is 1. The molecule has 0 heterocycles. The molecule has 0 radical (unpaired) electrons. The molecule has 17 heavy (non-hydrogen) atoms. The Labute approximate surface area is 105 Å². The summed E-state index contributed by atoms with van der Waals surface area (Å²) in [4.78, 5) is 22.6. The van der Waals surface area contributed by atoms with Crippen LogP contribution in [0.5, 0.6) is 0 Å². The second-order valence-electron chi connectivity index (χ2n) is 3.77. The van der Waals surface area contributed by atoms with Gasteiger partial charge in [-0.15, -0.1) is 0 Å². The molecule has 0 fully saturated rings. The number of hydrogen-bond donors (Lipinski definition) is 1. The third kappa shape index (κ3) is 5.36. The van der Waals surface area contributed by atoms with Crippen molar-refractivity contribution in [3.05, 3.63) is 29.3 Å². The molecule has 1 rings (SSSR count). The Morgan fingerprint density at radius 1 is 1.29 bits per heavy atom. The van der Waals surface area contributed by atoms with Gasteiger partial charge in [-0.3, -0.25) is 9.59 Å². The van der Waals surface area contributed by atoms with Crippen LogP contribution in [0.1, 0.15) is 20.3 Å². The van der Waals surface area contributed by atoms with Crippen molar-refractivity contribution in [3.63, 3.8) is 0 Å². The molecule has 5 heteroatoms. The molecule has 0 unspecified atom stereocenters. The molecule has 1 amide bonds. The highest BCUT2D eigenvalue weighted by atomic mass is 35.5. The van der Waals surface area contributed by atoms with Gasteiger partial charge in [-0.25, -0.2) is 0 Å². The number of hydrogen-bond acceptors (Lipinski definition) is 3. The van der Waals surface area contributed by atoms with Crippen molar-refractivity contribution in [1.82, 2.24) is 0 Å². The maximum absolute atomic E-state index is 11.4. The average Bonchev–Trinajstić information content (AvgIpc) is 2.19. The summed E-state index contributed by atoms with van der Waals surface area (Å²) in [6.45, 7) is 3.46. The second-order valence-corrected chi connectivity index (χ2v) is 4.21. The first-order chi connectivity index (χ1) is 7.97. The molecule has 1 aromatic carbocycles. The SMILES string of the molecule is CC(C)OC(=O)CC(=O)Nc1ccc(Cl)cc1. The fourth-order valence-corrected chi connectivity index (χ4v) is 1.30. The predicted molar refractivity (Wildman–Crippen MR) is 65.9 cm³/mol. The molecule has 4 nitrogen and oxygen atoms in total. The van der Waals surface area contributed by atoms with Gasteiger partial charge in [0.25, 0.3) is 0 Å². The summed E-state index contributed by atoms with van der Waals surface area (Å²) in [5.74, 6) is -0.940. The van der Waals surface area contributed by atoms with E-state index >= 15 is 0 Å². The van der Waals surface area contributed by atoms with E-state index in [1.54, 1.807) is 38.1 Å². The summed E-state index contributed by atoms with van der Waals surface area (Å²) in [6, 6.07) is 6.63. The van der Waals surface area contributed by atoms with Gasteiger partial charge in [0.05, 0.1) is 6.10 Å². The molecule has 1 N–H and O–H groups in total. The number of benzene rings is 1. The third-order valence-corrected chi connectivity index (χ3v) is 2.05. The van der Waals surface area contributed by atoms with Gasteiger partial charge in [-0.2, -0.15) is 0 Å². The van der Waals surface area contributed by atoms with Crippen LogP contribution in [0, 0.1) is 0 Å². The number of anilines is 1. The molecule has 0 aliphatic rings. The van der Waals surface area contributed by atoms with Crippen LogP contribution in [0.2, 0.25) is 5.02 Å². The van der Waals surface area contributed by atoms with Crippen LogP contribution in [0.25, 0.3) is 0 Å². The fraction of sp³-hybridized carbons (Fsp3) is 0.333. The lowest BCUT2D eigenvalue weighted by molar-refractivity contribution is -0.148. The van der Waals surface area contributed by atoms with Gasteiger partial charge in [-0.1, -0.05) is 11.6 Å². The number of ether oxygens (including phenoxy) is 1. The molecule has 0 saturated heterocycles. The van der Waals surface area contributed by atoms with Crippen molar-refractivity contribution in [2.75, 3.05) is 5.32 Å². The van der Waals surface area contributed by atoms with Crippen molar-refractivity contribution in [2.24, 2.45) is 0 Å². The van der Waals surface area contributed by atoms with E-state index in [0.29, 0.717) is 10.7 Å². The molecule has 0 aromatic heterocycles. The first-order valence-electron chi connectivity index (χ1n) is 5.22. The molecule has 92 valence electrons. The van der Waals surface area contributed by atoms with Gasteiger partial charge < -0.3 is 10.1 Å². The van der Waals surface area contributed by atoms with Crippen LogP contribution >= 0.6 is 11.6 Å². The lowest BCUT2D eigenvalue weighted by atomic mass is 10.3. The largest absolute Gasteiger partial charge is 0.463 e. The Bertz CT molecular complexity index is 401. The quantitative estimate of drug-likeness (QED) is 0.665. The van der Waals surface area contributed by atoms with Gasteiger partial charge in [-0.05, 0) is 38.1 Å². The van der Waals surface area contributed by atoms with Gasteiger partial charge in [0, 0.05) is 10.7 Å². The Hall–Kier alpha value is -1.55. The molecule has 0 bridgehead atoms. The Morgan fingerprint density at radius 3 is 2.41 bits per heavy atom. The lowest BCUT2D eigenvalue weighted by Gasteiger charge is -2.08. The Balaban J connectivity index is 2.44. The van der Waals surface area contributed by atoms with Crippen molar-refractivity contribution < 1.29 is 14.3 Å². The summed E-state index contributed by atoms with van der Waals surface area (Å²) < 4.78 is 4.86. The predicted octanol–water partition coefficient (Wildman–Crippen LogP) is 2.62. The van der Waals surface area contributed by atoms with Gasteiger partial charge in [0.1, 0.15) is 6.42 Å². The van der Waals surface area contributed by atoms with Crippen LogP contribution in [0.3, 0.4) is 0 Å². The van der Waals surface area contributed by atoms with E-state index in [9.17, 15) is 9.59 Å². The van der Waals surface area contributed by atoms with Gasteiger partial charge in [0.2, 0.25) is 5.91 Å². The Morgan fingerprint density at radius 2 is 1.88 bits per heavy atom. The van der Waals surface area contributed by atoms with Crippen LogP contribution in [-0.2, 0) is 14.3 Å². The molecule has 1 aromatic rings. The van der Waals surface area contributed by atoms with Crippen molar-refractivity contribution in [1.29, 1.82) is 0 Å². The first kappa shape index (κ1) is 13.5. The fourth-order valence-electron chi connectivity index (χ4n) is 1.17. The van der Waals surface area contributed by atoms with Crippen molar-refractivity contribution in [2.45, 2.75) is 26.4 Å². The molecule has 0 aliphatic heterocycles. The van der Waals surface area contributed by atoms with E-state index in [4.69, 9.17) is 16.3 Å². The molecular weight excluding hydrogens is 242 g/mol. The molecular formula is C12H14ClNO3. The normalized spacial score (nSPS) is 10.1. The van der Waals surface area contributed by atoms with Crippen LogP contribution < -0.4 is 5.32 Å². The molecule has 0 atom stereocenters. The first-order valence-corrected chi connectivity index (χ1v) is 5.60. The minimum Gasteiger partial charge on any atom is -0.463 e. The average molecular weight is 256 g/mol. The van der Waals surface area contributed by atoms with Crippen molar-refractivity contribution >= 4 is 29.2 Å². The number of amides is 1. The van der Waals surface area contributed by atoms with Crippen LogP contribution in [0.15, 0.2) is 24.3 Å². The van der Waals surface area contributed by atoms with Crippen LogP contribution in [-0.4, -0.2) is 18.0 Å². The lowest BCUT2D eigenvalue weighted by Crippen LogP contribution is -2.20. The zero-order valence-electron chi connectivity index (χ0n) is 9.70. The minimum absolute atomic E-state index is 0.217. The molecule has 0 aliphatic carbocycles. The van der Waals surface area contributed by atoms with E-state index in [1.165, 1.54) is 0 Å². The highest BCUT2D eigenvalue weighted by molar-refractivity contribution is 6.30. The molecule has 0 spiro atoms. The minimum atomic E-state index is -0.536. The summed E-state index contributed by atoms with van der Waals surface area (Å²) in [6.07, 6.45) is -0.508. The van der Waals surface area contributed by atoms with E-state index in [-0.39, 0.29) is 12.5 Å². The zero-order chi connectivity index (χ0) is 12.8. The maximum Gasteiger partial charge on any atom is 0.315 e. The number of carbonyl (C=O) groups excluding carboxylic acids is 2. The van der Waals surface area contributed by atoms with E-state index in [2.05, 4.69) is 5.32 Å². The monoisotopic (exact) mass is 255 g/mol. The summed E-state index contributed by atoms with van der Waals surface area (Å²) in [5, 5.41) is 3.16. The van der Waals surface area contributed by atoms with E-state index in [1.807, 2.05) is 0 Å². The van der Waals surface area contributed by atoms with Gasteiger partial charge in [0.15, 0.2) is 0 Å². The number of rotatable bonds is 4. The standard InChI is InChI=1S/C12H14ClNO3/c1-8(2)17-12(16)7-11(15)14-10-5-3-9(13)4-6-10/h3-6,8H,7H2,1-2H3,(H,14,15). The Kier molecular flexibility index (Phi) is 4.97. The third-order valence-electron chi connectivity index (χ3n) is 1.80. The number of halogens is 1. The molecule has 0 saturated carbocycles. The van der Waals surface area contributed by atoms with Gasteiger partial charge >= 0.3 is 5.97 Å². The zero-order valence-corrected chi connectivity index (χ0v) is 10.5. The summed E-state index contributed by atoms with van der Waals surface area (Å²) >= 11 is 5.70. The highest BCUT2D eigenvalue weighted by Crippen LogP contribution is 2.13. The van der Waals surface area contributed by atoms with E-state index in [0.717, 1.165) is 0 Å². The summed E-state index contributed by atoms with van der Waals surface area (Å²) in [7, 11) is 0. The second kappa shape index (κ2) is 6.25. The topological polar surface area (TPSA) is 55.4 Å².